The van der Waals surface area contributed by atoms with E-state index in [1.54, 1.807) is 0 Å². The molecule has 1 heteroatoms. The van der Waals surface area contributed by atoms with Crippen LogP contribution in [0.5, 0.6) is 0 Å². The van der Waals surface area contributed by atoms with E-state index in [2.05, 4.69) is 25.2 Å². The zero-order valence-electron chi connectivity index (χ0n) is 7.69. The number of hydrogen-bond acceptors (Lipinski definition) is 0. The quantitative estimate of drug-likeness (QED) is 0.313. The Bertz CT molecular complexity index is 145. The van der Waals surface area contributed by atoms with Crippen LogP contribution >= 0.6 is 0 Å². The van der Waals surface area contributed by atoms with Gasteiger partial charge in [-0.25, -0.2) is 11.6 Å². The number of allylic oxidation sites excluding steroid dienone is 4. The number of rotatable bonds is 4. The van der Waals surface area contributed by atoms with Gasteiger partial charge in [0.1, 0.15) is 0 Å². The summed E-state index contributed by atoms with van der Waals surface area (Å²) in [6, 6.07) is 0. The van der Waals surface area contributed by atoms with Crippen LogP contribution in [0, 0.1) is 6.08 Å². The Kier molecular flexibility index (Phi) is 7.46. The van der Waals surface area contributed by atoms with Gasteiger partial charge >= 0.3 is 29.6 Å². The third-order valence-corrected chi connectivity index (χ3v) is 1.82. The fourth-order valence-corrected chi connectivity index (χ4v) is 1.19. The second kappa shape index (κ2) is 7.15. The Balaban J connectivity index is 0.000001000. The van der Waals surface area contributed by atoms with Crippen molar-refractivity contribution < 1.29 is 29.6 Å². The molecule has 56 valence electrons. The molecule has 0 fully saturated rings. The van der Waals surface area contributed by atoms with Crippen molar-refractivity contribution in [3.63, 3.8) is 0 Å². The summed E-state index contributed by atoms with van der Waals surface area (Å²) in [7, 11) is 0. The fraction of sp³-hybridized carbons (Fsp3) is 0.600. The molecule has 0 amide bonds. The van der Waals surface area contributed by atoms with Gasteiger partial charge in [0.15, 0.2) is 0 Å². The summed E-state index contributed by atoms with van der Waals surface area (Å²) in [5.41, 5.74) is 1.42. The zero-order valence-corrected chi connectivity index (χ0v) is 9.69. The summed E-state index contributed by atoms with van der Waals surface area (Å²) in [5.74, 6) is 0. The van der Waals surface area contributed by atoms with Crippen LogP contribution in [0.1, 0.15) is 39.0 Å². The number of hydrogen-bond donors (Lipinski definition) is 0. The van der Waals surface area contributed by atoms with Gasteiger partial charge in [0.25, 0.3) is 0 Å². The van der Waals surface area contributed by atoms with E-state index in [0.717, 1.165) is 6.42 Å². The Morgan fingerprint density at radius 1 is 1.45 bits per heavy atom. The Hall–Kier alpha value is 0.480. The van der Waals surface area contributed by atoms with E-state index in [1.165, 1.54) is 31.3 Å². The van der Waals surface area contributed by atoms with Gasteiger partial charge in [-0.15, -0.1) is 6.42 Å². The minimum absolute atomic E-state index is 0. The minimum atomic E-state index is 0. The summed E-state index contributed by atoms with van der Waals surface area (Å²) >= 11 is 0. The average Bonchev–Trinajstić information content (AvgIpc) is 2.41. The summed E-state index contributed by atoms with van der Waals surface area (Å²) < 4.78 is 0. The van der Waals surface area contributed by atoms with Crippen LogP contribution < -0.4 is 29.6 Å². The van der Waals surface area contributed by atoms with Crippen molar-refractivity contribution in [2.75, 3.05) is 0 Å². The SMILES string of the molecule is CCCCCC1=[C-]CC=C1.[Na+]. The normalized spacial score (nSPS) is 14.5. The maximum absolute atomic E-state index is 3.32. The molecule has 0 aromatic heterocycles. The van der Waals surface area contributed by atoms with Crippen molar-refractivity contribution in [3.05, 3.63) is 23.8 Å². The van der Waals surface area contributed by atoms with Gasteiger partial charge in [-0.3, -0.25) is 6.08 Å². The fourth-order valence-electron chi connectivity index (χ4n) is 1.19. The van der Waals surface area contributed by atoms with Crippen LogP contribution in [-0.2, 0) is 0 Å². The summed E-state index contributed by atoms with van der Waals surface area (Å²) in [5, 5.41) is 0. The third-order valence-electron chi connectivity index (χ3n) is 1.82. The molecule has 0 nitrogen and oxygen atoms in total. The van der Waals surface area contributed by atoms with Crippen molar-refractivity contribution in [2.24, 2.45) is 0 Å². The molecule has 0 spiro atoms. The third kappa shape index (κ3) is 4.84. The van der Waals surface area contributed by atoms with Crippen LogP contribution in [-0.4, -0.2) is 0 Å². The van der Waals surface area contributed by atoms with E-state index < -0.39 is 0 Å². The van der Waals surface area contributed by atoms with Crippen molar-refractivity contribution in [2.45, 2.75) is 39.0 Å². The largest absolute Gasteiger partial charge is 1.00 e. The monoisotopic (exact) mass is 158 g/mol. The molecule has 1 aliphatic rings. The van der Waals surface area contributed by atoms with E-state index in [4.69, 9.17) is 0 Å². The van der Waals surface area contributed by atoms with E-state index in [1.807, 2.05) is 0 Å². The van der Waals surface area contributed by atoms with Gasteiger partial charge in [-0.2, -0.15) is 6.08 Å². The molecular formula is C10H15Na. The standard InChI is InChI=1S/C10H15.Na/c1-2-3-4-7-10-8-5-6-9-10;/h5,8H,2-4,6-7H2,1H3;/q-1;+1. The second-order valence-electron chi connectivity index (χ2n) is 2.77. The summed E-state index contributed by atoms with van der Waals surface area (Å²) in [6.45, 7) is 2.24. The van der Waals surface area contributed by atoms with E-state index in [-0.39, 0.29) is 29.6 Å². The molecule has 0 bridgehead atoms. The van der Waals surface area contributed by atoms with E-state index in [0.29, 0.717) is 0 Å². The first-order chi connectivity index (χ1) is 4.93. The molecule has 0 N–H and O–H groups in total. The summed E-state index contributed by atoms with van der Waals surface area (Å²) in [6.07, 6.45) is 14.0. The van der Waals surface area contributed by atoms with Crippen molar-refractivity contribution in [1.82, 2.24) is 0 Å². The maximum atomic E-state index is 3.32. The predicted octanol–water partition coefficient (Wildman–Crippen LogP) is 0.260. The molecule has 0 heterocycles. The van der Waals surface area contributed by atoms with Crippen molar-refractivity contribution in [1.29, 1.82) is 0 Å². The van der Waals surface area contributed by atoms with Gasteiger partial charge in [0, 0.05) is 0 Å². The van der Waals surface area contributed by atoms with Gasteiger partial charge in [-0.1, -0.05) is 32.6 Å². The van der Waals surface area contributed by atoms with Gasteiger partial charge in [-0.05, 0) is 0 Å². The average molecular weight is 158 g/mol. The van der Waals surface area contributed by atoms with Crippen LogP contribution in [0.4, 0.5) is 0 Å². The molecule has 1 rings (SSSR count). The zero-order chi connectivity index (χ0) is 7.23. The van der Waals surface area contributed by atoms with E-state index >= 15 is 0 Å². The first-order valence-electron chi connectivity index (χ1n) is 4.19. The smallest absolute Gasteiger partial charge is 0.269 e. The molecule has 0 aromatic rings. The number of unbranched alkanes of at least 4 members (excludes halogenated alkanes) is 2. The molecule has 0 unspecified atom stereocenters. The first-order valence-corrected chi connectivity index (χ1v) is 4.19. The van der Waals surface area contributed by atoms with Crippen molar-refractivity contribution >= 4 is 0 Å². The van der Waals surface area contributed by atoms with Gasteiger partial charge < -0.3 is 0 Å². The molecular weight excluding hydrogens is 143 g/mol. The van der Waals surface area contributed by atoms with Crippen LogP contribution in [0.15, 0.2) is 17.7 Å². The maximum Gasteiger partial charge on any atom is 1.00 e. The van der Waals surface area contributed by atoms with Crippen molar-refractivity contribution in [3.8, 4) is 0 Å². The van der Waals surface area contributed by atoms with Crippen LogP contribution in [0.3, 0.4) is 0 Å². The molecule has 0 atom stereocenters. The molecule has 0 aliphatic heterocycles. The van der Waals surface area contributed by atoms with Crippen LogP contribution in [0.25, 0.3) is 0 Å². The molecule has 1 aliphatic carbocycles. The molecule has 11 heavy (non-hydrogen) atoms. The van der Waals surface area contributed by atoms with Gasteiger partial charge in [0.05, 0.1) is 0 Å². The molecule has 0 aromatic carbocycles. The molecule has 0 saturated heterocycles. The summed E-state index contributed by atoms with van der Waals surface area (Å²) in [4.78, 5) is 0. The predicted molar refractivity (Wildman–Crippen MR) is 44.7 cm³/mol. The Morgan fingerprint density at radius 2 is 2.27 bits per heavy atom. The Labute approximate surface area is 92.1 Å². The van der Waals surface area contributed by atoms with Gasteiger partial charge in [0.2, 0.25) is 0 Å². The first kappa shape index (κ1) is 11.5. The van der Waals surface area contributed by atoms with Crippen LogP contribution in [0.2, 0.25) is 0 Å². The van der Waals surface area contributed by atoms with E-state index in [9.17, 15) is 0 Å². The molecule has 0 radical (unpaired) electrons. The second-order valence-corrected chi connectivity index (χ2v) is 2.77. The molecule has 0 saturated carbocycles. The Morgan fingerprint density at radius 3 is 2.82 bits per heavy atom. The minimum Gasteiger partial charge on any atom is -0.269 e. The topological polar surface area (TPSA) is 0 Å².